The molecule has 5 heteroatoms. The summed E-state index contributed by atoms with van der Waals surface area (Å²) in [6.07, 6.45) is 9.46. The first-order valence-electron chi connectivity index (χ1n) is 11.6. The third-order valence-electron chi connectivity index (χ3n) is 6.97. The molecular formula is C24H37N3O2. The van der Waals surface area contributed by atoms with Gasteiger partial charge >= 0.3 is 0 Å². The van der Waals surface area contributed by atoms with Crippen molar-refractivity contribution in [1.82, 2.24) is 9.80 Å². The van der Waals surface area contributed by atoms with Crippen LogP contribution in [0.25, 0.3) is 0 Å². The Morgan fingerprint density at radius 1 is 1.00 bits per heavy atom. The minimum atomic E-state index is 0.279. The first-order valence-corrected chi connectivity index (χ1v) is 11.6. The molecule has 1 aromatic rings. The molecule has 0 aromatic heterocycles. The maximum Gasteiger partial charge on any atom is 0.226 e. The summed E-state index contributed by atoms with van der Waals surface area (Å²) >= 11 is 0. The zero-order valence-electron chi connectivity index (χ0n) is 18.0. The molecule has 0 spiro atoms. The predicted octanol–water partition coefficient (Wildman–Crippen LogP) is 3.32. The van der Waals surface area contributed by atoms with E-state index in [1.807, 2.05) is 4.90 Å². The average Bonchev–Trinajstić information content (AvgIpc) is 3.30. The molecule has 3 heterocycles. The molecule has 160 valence electrons. The molecule has 0 radical (unpaired) electrons. The van der Waals surface area contributed by atoms with E-state index in [2.05, 4.69) is 41.1 Å². The SMILES string of the molecule is CN(CC1CCCCO1)C1CCN(c2ccc(CC(=O)N3CCCC3)cc2)CC1. The molecule has 3 aliphatic rings. The normalized spacial score (nSPS) is 23.7. The summed E-state index contributed by atoms with van der Waals surface area (Å²) in [6, 6.07) is 9.34. The van der Waals surface area contributed by atoms with Gasteiger partial charge in [0.2, 0.25) is 5.91 Å². The van der Waals surface area contributed by atoms with E-state index in [-0.39, 0.29) is 5.91 Å². The number of piperidine rings is 1. The van der Waals surface area contributed by atoms with Gasteiger partial charge in [0, 0.05) is 51.1 Å². The molecule has 1 amide bonds. The molecule has 5 nitrogen and oxygen atoms in total. The summed E-state index contributed by atoms with van der Waals surface area (Å²) in [5.74, 6) is 0.279. The van der Waals surface area contributed by atoms with Crippen LogP contribution in [0.2, 0.25) is 0 Å². The lowest BCUT2D eigenvalue weighted by molar-refractivity contribution is -0.129. The minimum absolute atomic E-state index is 0.279. The topological polar surface area (TPSA) is 36.0 Å². The number of anilines is 1. The third kappa shape index (κ3) is 5.52. The lowest BCUT2D eigenvalue weighted by atomic mass is 10.0. The fourth-order valence-electron chi connectivity index (χ4n) is 5.06. The quantitative estimate of drug-likeness (QED) is 0.735. The van der Waals surface area contributed by atoms with E-state index in [1.165, 1.54) is 37.8 Å². The van der Waals surface area contributed by atoms with E-state index < -0.39 is 0 Å². The van der Waals surface area contributed by atoms with Gasteiger partial charge in [0.25, 0.3) is 0 Å². The third-order valence-corrected chi connectivity index (χ3v) is 6.97. The fraction of sp³-hybridized carbons (Fsp3) is 0.708. The van der Waals surface area contributed by atoms with Crippen molar-refractivity contribution < 1.29 is 9.53 Å². The zero-order chi connectivity index (χ0) is 20.1. The van der Waals surface area contributed by atoms with Gasteiger partial charge in [-0.3, -0.25) is 4.79 Å². The molecule has 3 fully saturated rings. The number of rotatable bonds is 6. The van der Waals surface area contributed by atoms with E-state index >= 15 is 0 Å². The second-order valence-corrected chi connectivity index (χ2v) is 9.08. The van der Waals surface area contributed by atoms with Crippen molar-refractivity contribution in [3.05, 3.63) is 29.8 Å². The molecule has 0 N–H and O–H groups in total. The first-order chi connectivity index (χ1) is 14.2. The molecule has 0 saturated carbocycles. The number of hydrogen-bond donors (Lipinski definition) is 0. The van der Waals surface area contributed by atoms with Crippen LogP contribution >= 0.6 is 0 Å². The molecule has 1 unspecified atom stereocenters. The molecule has 0 bridgehead atoms. The molecule has 3 aliphatic heterocycles. The Morgan fingerprint density at radius 2 is 1.72 bits per heavy atom. The van der Waals surface area contributed by atoms with E-state index in [0.717, 1.165) is 57.7 Å². The van der Waals surface area contributed by atoms with Crippen LogP contribution in [0, 0.1) is 0 Å². The number of amides is 1. The van der Waals surface area contributed by atoms with Crippen LogP contribution in [0.1, 0.15) is 50.5 Å². The van der Waals surface area contributed by atoms with Crippen molar-refractivity contribution in [3.63, 3.8) is 0 Å². The Bertz CT molecular complexity index is 643. The second kappa shape index (κ2) is 9.94. The summed E-state index contributed by atoms with van der Waals surface area (Å²) < 4.78 is 5.92. The lowest BCUT2D eigenvalue weighted by Gasteiger charge is -2.39. The largest absolute Gasteiger partial charge is 0.377 e. The van der Waals surface area contributed by atoms with Crippen LogP contribution in [0.5, 0.6) is 0 Å². The number of likely N-dealkylation sites (N-methyl/N-ethyl adjacent to an activating group) is 1. The first kappa shape index (κ1) is 20.7. The number of carbonyl (C=O) groups excluding carboxylic acids is 1. The predicted molar refractivity (Wildman–Crippen MR) is 117 cm³/mol. The van der Waals surface area contributed by atoms with Crippen LogP contribution in [0.3, 0.4) is 0 Å². The van der Waals surface area contributed by atoms with Crippen LogP contribution < -0.4 is 4.90 Å². The maximum absolute atomic E-state index is 12.3. The van der Waals surface area contributed by atoms with Crippen molar-refractivity contribution >= 4 is 11.6 Å². The molecule has 0 aliphatic carbocycles. The monoisotopic (exact) mass is 399 g/mol. The van der Waals surface area contributed by atoms with Crippen LogP contribution in [0.4, 0.5) is 5.69 Å². The van der Waals surface area contributed by atoms with Gasteiger partial charge in [0.15, 0.2) is 0 Å². The van der Waals surface area contributed by atoms with Crippen LogP contribution in [-0.2, 0) is 16.0 Å². The highest BCUT2D eigenvalue weighted by Gasteiger charge is 2.25. The molecule has 29 heavy (non-hydrogen) atoms. The summed E-state index contributed by atoms with van der Waals surface area (Å²) in [6.45, 7) is 6.10. The number of likely N-dealkylation sites (tertiary alicyclic amines) is 1. The van der Waals surface area contributed by atoms with Gasteiger partial charge in [-0.15, -0.1) is 0 Å². The highest BCUT2D eigenvalue weighted by molar-refractivity contribution is 5.79. The Hall–Kier alpha value is -1.59. The van der Waals surface area contributed by atoms with E-state index in [1.54, 1.807) is 0 Å². The van der Waals surface area contributed by atoms with Crippen molar-refractivity contribution in [3.8, 4) is 0 Å². The maximum atomic E-state index is 12.3. The number of carbonyl (C=O) groups is 1. The zero-order valence-corrected chi connectivity index (χ0v) is 18.0. The van der Waals surface area contributed by atoms with E-state index in [0.29, 0.717) is 18.6 Å². The Balaban J connectivity index is 1.23. The van der Waals surface area contributed by atoms with Gasteiger partial charge in [0.05, 0.1) is 12.5 Å². The average molecular weight is 400 g/mol. The molecule has 4 rings (SSSR count). The molecular weight excluding hydrogens is 362 g/mol. The number of hydrogen-bond acceptors (Lipinski definition) is 4. The van der Waals surface area contributed by atoms with Crippen molar-refractivity contribution in [1.29, 1.82) is 0 Å². The van der Waals surface area contributed by atoms with Gasteiger partial charge in [0.1, 0.15) is 0 Å². The Kier molecular flexibility index (Phi) is 7.09. The highest BCUT2D eigenvalue weighted by Crippen LogP contribution is 2.24. The summed E-state index contributed by atoms with van der Waals surface area (Å²) in [7, 11) is 2.27. The minimum Gasteiger partial charge on any atom is -0.377 e. The fourth-order valence-corrected chi connectivity index (χ4v) is 5.06. The van der Waals surface area contributed by atoms with Gasteiger partial charge in [-0.25, -0.2) is 0 Å². The highest BCUT2D eigenvalue weighted by atomic mass is 16.5. The van der Waals surface area contributed by atoms with Crippen molar-refractivity contribution in [2.45, 2.75) is 63.5 Å². The van der Waals surface area contributed by atoms with Crippen LogP contribution in [0.15, 0.2) is 24.3 Å². The Morgan fingerprint density at radius 3 is 2.38 bits per heavy atom. The van der Waals surface area contributed by atoms with Gasteiger partial charge in [-0.2, -0.15) is 0 Å². The molecule has 1 aromatic carbocycles. The molecule has 1 atom stereocenters. The van der Waals surface area contributed by atoms with E-state index in [4.69, 9.17) is 4.74 Å². The van der Waals surface area contributed by atoms with Crippen molar-refractivity contribution in [2.24, 2.45) is 0 Å². The van der Waals surface area contributed by atoms with Gasteiger partial charge < -0.3 is 19.4 Å². The van der Waals surface area contributed by atoms with E-state index in [9.17, 15) is 4.79 Å². The summed E-state index contributed by atoms with van der Waals surface area (Å²) in [5, 5.41) is 0. The standard InChI is InChI=1S/C24H37N3O2/c1-25(19-23-6-2-5-17-29-23)21-11-15-26(16-12-21)22-9-7-20(8-10-22)18-24(28)27-13-3-4-14-27/h7-10,21,23H,2-6,11-19H2,1H3. The number of nitrogens with zero attached hydrogens (tertiary/aromatic N) is 3. The van der Waals surface area contributed by atoms with Gasteiger partial charge in [-0.05, 0) is 69.7 Å². The van der Waals surface area contributed by atoms with Crippen molar-refractivity contribution in [2.75, 3.05) is 51.3 Å². The second-order valence-electron chi connectivity index (χ2n) is 9.08. The lowest BCUT2D eigenvalue weighted by Crippen LogP contribution is -2.46. The van der Waals surface area contributed by atoms with Crippen LogP contribution in [-0.4, -0.2) is 74.2 Å². The van der Waals surface area contributed by atoms with Gasteiger partial charge in [-0.1, -0.05) is 12.1 Å². The number of ether oxygens (including phenoxy) is 1. The Labute approximate surface area is 176 Å². The molecule has 3 saturated heterocycles. The number of benzene rings is 1. The smallest absolute Gasteiger partial charge is 0.226 e. The summed E-state index contributed by atoms with van der Waals surface area (Å²) in [5.41, 5.74) is 2.42. The summed E-state index contributed by atoms with van der Waals surface area (Å²) in [4.78, 5) is 19.4.